The van der Waals surface area contributed by atoms with E-state index in [4.69, 9.17) is 4.74 Å². The fourth-order valence-corrected chi connectivity index (χ4v) is 2.41. The van der Waals surface area contributed by atoms with Crippen LogP contribution in [0.1, 0.15) is 52.3 Å². The van der Waals surface area contributed by atoms with Crippen LogP contribution in [-0.4, -0.2) is 39.7 Å². The van der Waals surface area contributed by atoms with Gasteiger partial charge in [-0.1, -0.05) is 0 Å². The summed E-state index contributed by atoms with van der Waals surface area (Å²) >= 11 is 0. The van der Waals surface area contributed by atoms with Gasteiger partial charge >= 0.3 is 6.09 Å². The van der Waals surface area contributed by atoms with Crippen molar-refractivity contribution in [2.75, 3.05) is 18.4 Å². The Kier molecular flexibility index (Phi) is 4.65. The lowest BCUT2D eigenvalue weighted by Gasteiger charge is -2.28. The molecule has 1 aliphatic rings. The molecule has 1 amide bonds. The predicted molar refractivity (Wildman–Crippen MR) is 81.1 cm³/mol. The minimum Gasteiger partial charge on any atom is -0.444 e. The summed E-state index contributed by atoms with van der Waals surface area (Å²) in [5.41, 5.74) is 0.384. The summed E-state index contributed by atoms with van der Waals surface area (Å²) in [5, 5.41) is 3.10. The van der Waals surface area contributed by atoms with E-state index in [1.807, 2.05) is 33.8 Å². The van der Waals surface area contributed by atoms with Crippen molar-refractivity contribution in [3.8, 4) is 0 Å². The van der Waals surface area contributed by atoms with Crippen molar-refractivity contribution in [2.24, 2.45) is 0 Å². The largest absolute Gasteiger partial charge is 0.444 e. The number of aromatic nitrogens is 2. The van der Waals surface area contributed by atoms with E-state index in [9.17, 15) is 4.79 Å². The molecule has 0 saturated carbocycles. The molecule has 116 valence electrons. The topological polar surface area (TPSA) is 67.4 Å². The third kappa shape index (κ3) is 4.06. The highest BCUT2D eigenvalue weighted by Gasteiger charge is 2.34. The summed E-state index contributed by atoms with van der Waals surface area (Å²) in [6, 6.07) is 1.84. The Bertz CT molecular complexity index is 499. The normalized spacial score (nSPS) is 18.7. The molecule has 21 heavy (non-hydrogen) atoms. The number of hydrogen-bond donors (Lipinski definition) is 1. The summed E-state index contributed by atoms with van der Waals surface area (Å²) in [6.07, 6.45) is 3.33. The Morgan fingerprint density at radius 2 is 2.29 bits per heavy atom. The number of amides is 1. The quantitative estimate of drug-likeness (QED) is 0.927. The fourth-order valence-electron chi connectivity index (χ4n) is 2.41. The Hall–Kier alpha value is -1.85. The number of rotatable bonds is 3. The molecule has 1 saturated heterocycles. The molecule has 6 heteroatoms. The van der Waals surface area contributed by atoms with Crippen LogP contribution in [0.2, 0.25) is 0 Å². The van der Waals surface area contributed by atoms with Gasteiger partial charge in [-0.25, -0.2) is 14.8 Å². The molecule has 1 aromatic rings. The van der Waals surface area contributed by atoms with E-state index in [0.29, 0.717) is 12.5 Å². The maximum Gasteiger partial charge on any atom is 0.410 e. The van der Waals surface area contributed by atoms with Crippen molar-refractivity contribution in [1.82, 2.24) is 14.9 Å². The lowest BCUT2D eigenvalue weighted by Crippen LogP contribution is -2.36. The van der Waals surface area contributed by atoms with Gasteiger partial charge < -0.3 is 10.1 Å². The van der Waals surface area contributed by atoms with Crippen molar-refractivity contribution in [2.45, 2.75) is 52.2 Å². The number of carbonyl (C=O) groups excluding carboxylic acids is 1. The summed E-state index contributed by atoms with van der Waals surface area (Å²) in [6.45, 7) is 9.11. The van der Waals surface area contributed by atoms with E-state index in [1.54, 1.807) is 11.1 Å². The van der Waals surface area contributed by atoms with Crippen molar-refractivity contribution in [3.05, 3.63) is 18.0 Å². The van der Waals surface area contributed by atoms with E-state index in [2.05, 4.69) is 15.3 Å². The highest BCUT2D eigenvalue weighted by atomic mass is 16.6. The molecule has 1 N–H and O–H groups in total. The van der Waals surface area contributed by atoms with Crippen LogP contribution in [0.15, 0.2) is 12.3 Å². The number of anilines is 1. The zero-order chi connectivity index (χ0) is 15.5. The van der Waals surface area contributed by atoms with Crippen LogP contribution in [0.25, 0.3) is 0 Å². The van der Waals surface area contributed by atoms with Gasteiger partial charge in [-0.05, 0) is 46.6 Å². The molecule has 2 heterocycles. The summed E-state index contributed by atoms with van der Waals surface area (Å²) < 4.78 is 5.48. The second-order valence-corrected chi connectivity index (χ2v) is 6.17. The second-order valence-electron chi connectivity index (χ2n) is 6.17. The average Bonchev–Trinajstić information content (AvgIpc) is 2.86. The van der Waals surface area contributed by atoms with Crippen molar-refractivity contribution in [3.63, 3.8) is 0 Å². The molecule has 0 spiro atoms. The third-order valence-corrected chi connectivity index (χ3v) is 3.23. The molecule has 1 aliphatic heterocycles. The average molecular weight is 292 g/mol. The van der Waals surface area contributed by atoms with Crippen LogP contribution in [-0.2, 0) is 4.74 Å². The highest BCUT2D eigenvalue weighted by molar-refractivity contribution is 5.69. The molecule has 0 bridgehead atoms. The van der Waals surface area contributed by atoms with Gasteiger partial charge in [-0.2, -0.15) is 0 Å². The smallest absolute Gasteiger partial charge is 0.410 e. The Morgan fingerprint density at radius 1 is 1.52 bits per heavy atom. The standard InChI is InChI=1S/C15H24N4O2/c1-5-16-13-17-9-8-11(18-13)12-7-6-10-19(12)14(20)21-15(2,3)4/h8-9,12H,5-7,10H2,1-4H3,(H,16,17,18)/t12-/m0/s1. The molecule has 0 unspecified atom stereocenters. The number of nitrogens with zero attached hydrogens (tertiary/aromatic N) is 3. The van der Waals surface area contributed by atoms with Gasteiger partial charge in [0.05, 0.1) is 11.7 Å². The molecule has 0 aliphatic carbocycles. The van der Waals surface area contributed by atoms with Gasteiger partial charge in [0.15, 0.2) is 0 Å². The maximum atomic E-state index is 12.3. The fraction of sp³-hybridized carbons (Fsp3) is 0.667. The van der Waals surface area contributed by atoms with Gasteiger partial charge in [-0.15, -0.1) is 0 Å². The van der Waals surface area contributed by atoms with E-state index in [-0.39, 0.29) is 12.1 Å². The zero-order valence-corrected chi connectivity index (χ0v) is 13.2. The molecule has 2 rings (SSSR count). The SMILES string of the molecule is CCNc1nccc([C@@H]2CCCN2C(=O)OC(C)(C)C)n1. The number of likely N-dealkylation sites (tertiary alicyclic amines) is 1. The van der Waals surface area contributed by atoms with E-state index >= 15 is 0 Å². The van der Waals surface area contributed by atoms with Crippen LogP contribution in [0.5, 0.6) is 0 Å². The Morgan fingerprint density at radius 3 is 2.95 bits per heavy atom. The first kappa shape index (κ1) is 15.5. The minimum atomic E-state index is -0.481. The van der Waals surface area contributed by atoms with E-state index < -0.39 is 5.60 Å². The summed E-state index contributed by atoms with van der Waals surface area (Å²) in [5.74, 6) is 0.603. The second kappa shape index (κ2) is 6.28. The highest BCUT2D eigenvalue weighted by Crippen LogP contribution is 2.32. The van der Waals surface area contributed by atoms with Crippen molar-refractivity contribution in [1.29, 1.82) is 0 Å². The lowest BCUT2D eigenvalue weighted by atomic mass is 10.1. The van der Waals surface area contributed by atoms with Crippen molar-refractivity contribution < 1.29 is 9.53 Å². The van der Waals surface area contributed by atoms with Crippen LogP contribution < -0.4 is 5.32 Å². The Balaban J connectivity index is 2.14. The summed E-state index contributed by atoms with van der Waals surface area (Å²) in [7, 11) is 0. The monoisotopic (exact) mass is 292 g/mol. The van der Waals surface area contributed by atoms with Gasteiger partial charge in [0.2, 0.25) is 5.95 Å². The number of ether oxygens (including phenoxy) is 1. The van der Waals surface area contributed by atoms with E-state index in [0.717, 1.165) is 25.1 Å². The number of nitrogens with one attached hydrogen (secondary N) is 1. The van der Waals surface area contributed by atoms with E-state index in [1.165, 1.54) is 0 Å². The first-order chi connectivity index (χ1) is 9.90. The molecule has 6 nitrogen and oxygen atoms in total. The first-order valence-electron chi connectivity index (χ1n) is 7.47. The molecule has 0 radical (unpaired) electrons. The summed E-state index contributed by atoms with van der Waals surface area (Å²) in [4.78, 5) is 22.7. The minimum absolute atomic E-state index is 0.0275. The number of hydrogen-bond acceptors (Lipinski definition) is 5. The number of carbonyl (C=O) groups is 1. The zero-order valence-electron chi connectivity index (χ0n) is 13.2. The van der Waals surface area contributed by atoms with Crippen LogP contribution >= 0.6 is 0 Å². The Labute approximate surface area is 125 Å². The van der Waals surface area contributed by atoms with Gasteiger partial charge in [0.1, 0.15) is 5.60 Å². The molecular weight excluding hydrogens is 268 g/mol. The van der Waals surface area contributed by atoms with Crippen LogP contribution in [0.3, 0.4) is 0 Å². The first-order valence-corrected chi connectivity index (χ1v) is 7.47. The van der Waals surface area contributed by atoms with Gasteiger partial charge in [0, 0.05) is 19.3 Å². The molecule has 1 fully saturated rings. The third-order valence-electron chi connectivity index (χ3n) is 3.23. The molecular formula is C15H24N4O2. The maximum absolute atomic E-state index is 12.3. The van der Waals surface area contributed by atoms with Crippen molar-refractivity contribution >= 4 is 12.0 Å². The van der Waals surface area contributed by atoms with Gasteiger partial charge in [0.25, 0.3) is 0 Å². The van der Waals surface area contributed by atoms with Gasteiger partial charge in [-0.3, -0.25) is 4.90 Å². The molecule has 1 aromatic heterocycles. The van der Waals surface area contributed by atoms with Crippen LogP contribution in [0.4, 0.5) is 10.7 Å². The molecule has 1 atom stereocenters. The predicted octanol–water partition coefficient (Wildman–Crippen LogP) is 2.98. The molecule has 0 aromatic carbocycles. The lowest BCUT2D eigenvalue weighted by molar-refractivity contribution is 0.0221. The van der Waals surface area contributed by atoms with Crippen LogP contribution in [0, 0.1) is 0 Å².